The Hall–Kier alpha value is -4.18. The molecule has 0 aliphatic carbocycles. The summed E-state index contributed by atoms with van der Waals surface area (Å²) < 4.78 is 23.9. The van der Waals surface area contributed by atoms with E-state index in [4.69, 9.17) is 15.0 Å². The lowest BCUT2D eigenvalue weighted by Gasteiger charge is -2.11. The molecule has 3 N–H and O–H groups in total. The number of methoxy groups -OCH3 is 1. The van der Waals surface area contributed by atoms with E-state index in [9.17, 15) is 9.18 Å². The van der Waals surface area contributed by atoms with E-state index in [1.165, 1.54) is 31.4 Å². The molecule has 0 bridgehead atoms. The zero-order valence-electron chi connectivity index (χ0n) is 17.3. The van der Waals surface area contributed by atoms with E-state index in [0.29, 0.717) is 39.8 Å². The summed E-state index contributed by atoms with van der Waals surface area (Å²) in [6.07, 6.45) is 3.23. The zero-order chi connectivity index (χ0) is 22.7. The van der Waals surface area contributed by atoms with Gasteiger partial charge in [-0.05, 0) is 43.3 Å². The maximum absolute atomic E-state index is 13.3. The molecule has 0 saturated heterocycles. The quantitative estimate of drug-likeness (QED) is 0.473. The Morgan fingerprint density at radius 2 is 1.84 bits per heavy atom. The number of benzene rings is 1. The average molecular weight is 434 g/mol. The molecule has 0 spiro atoms. The van der Waals surface area contributed by atoms with Gasteiger partial charge in [-0.1, -0.05) is 5.16 Å². The predicted octanol–water partition coefficient (Wildman–Crippen LogP) is 3.36. The average Bonchev–Trinajstić information content (AvgIpc) is 3.21. The Labute approximate surface area is 182 Å². The number of pyridine rings is 1. The Bertz CT molecular complexity index is 1260. The second-order valence-corrected chi connectivity index (χ2v) is 6.77. The second kappa shape index (κ2) is 8.90. The van der Waals surface area contributed by atoms with Gasteiger partial charge in [0.1, 0.15) is 34.3 Å². The van der Waals surface area contributed by atoms with Crippen LogP contribution < -0.4 is 15.8 Å². The first-order valence-corrected chi connectivity index (χ1v) is 9.60. The van der Waals surface area contributed by atoms with Crippen molar-refractivity contribution in [1.29, 1.82) is 0 Å². The Morgan fingerprint density at radius 3 is 2.50 bits per heavy atom. The van der Waals surface area contributed by atoms with Crippen molar-refractivity contribution in [3.05, 3.63) is 71.8 Å². The van der Waals surface area contributed by atoms with Crippen molar-refractivity contribution < 1.29 is 18.4 Å². The van der Waals surface area contributed by atoms with Crippen molar-refractivity contribution in [2.75, 3.05) is 12.4 Å². The number of carbonyl (C=O) groups is 1. The lowest BCUT2D eigenvalue weighted by Crippen LogP contribution is -2.14. The van der Waals surface area contributed by atoms with E-state index in [1.807, 2.05) is 0 Å². The zero-order valence-corrected chi connectivity index (χ0v) is 17.3. The highest BCUT2D eigenvalue weighted by Crippen LogP contribution is 2.30. The van der Waals surface area contributed by atoms with E-state index >= 15 is 0 Å². The number of anilines is 1. The summed E-state index contributed by atoms with van der Waals surface area (Å²) in [5.74, 6) is 0.190. The number of halogens is 1. The molecule has 32 heavy (non-hydrogen) atoms. The number of aromatic nitrogens is 4. The van der Waals surface area contributed by atoms with Crippen LogP contribution in [0.4, 0.5) is 10.1 Å². The van der Waals surface area contributed by atoms with Crippen molar-refractivity contribution in [2.45, 2.75) is 13.5 Å². The number of aryl methyl sites for hydroxylation is 1. The predicted molar refractivity (Wildman–Crippen MR) is 114 cm³/mol. The number of nitrogens with one attached hydrogen (secondary N) is 1. The molecule has 0 radical (unpaired) electrons. The van der Waals surface area contributed by atoms with Crippen molar-refractivity contribution in [1.82, 2.24) is 20.1 Å². The first-order chi connectivity index (χ1) is 15.5. The summed E-state index contributed by atoms with van der Waals surface area (Å²) in [6, 6.07) is 9.00. The molecule has 4 aromatic rings. The van der Waals surface area contributed by atoms with Gasteiger partial charge in [0.2, 0.25) is 5.88 Å². The fourth-order valence-electron chi connectivity index (χ4n) is 3.07. The summed E-state index contributed by atoms with van der Waals surface area (Å²) in [5, 5.41) is 6.74. The summed E-state index contributed by atoms with van der Waals surface area (Å²) in [4.78, 5) is 25.8. The van der Waals surface area contributed by atoms with Crippen LogP contribution in [0.1, 0.15) is 21.9 Å². The van der Waals surface area contributed by atoms with Crippen LogP contribution in [-0.2, 0) is 6.54 Å². The van der Waals surface area contributed by atoms with Gasteiger partial charge in [0.15, 0.2) is 0 Å². The molecule has 3 aromatic heterocycles. The van der Waals surface area contributed by atoms with Crippen LogP contribution in [0.15, 0.2) is 53.3 Å². The van der Waals surface area contributed by atoms with E-state index in [2.05, 4.69) is 25.4 Å². The molecule has 9 nitrogen and oxygen atoms in total. The third-order valence-electron chi connectivity index (χ3n) is 4.69. The first kappa shape index (κ1) is 21.1. The number of hydrogen-bond donors (Lipinski definition) is 2. The van der Waals surface area contributed by atoms with Gasteiger partial charge in [0, 0.05) is 23.5 Å². The Kier molecular flexibility index (Phi) is 5.86. The largest absolute Gasteiger partial charge is 0.479 e. The minimum absolute atomic E-state index is 0.205. The van der Waals surface area contributed by atoms with Gasteiger partial charge in [-0.2, -0.15) is 0 Å². The molecule has 0 aliphatic heterocycles. The lowest BCUT2D eigenvalue weighted by atomic mass is 10.1. The molecule has 0 fully saturated rings. The maximum atomic E-state index is 13.3. The SMILES string of the molecule is COc1nc(-c2cnc(CN)nc2)ccc1NC(=O)c1c(-c2ccc(F)cc2)noc1C. The normalized spacial score (nSPS) is 10.8. The van der Waals surface area contributed by atoms with Crippen LogP contribution in [0.25, 0.3) is 22.5 Å². The monoisotopic (exact) mass is 434 g/mol. The van der Waals surface area contributed by atoms with Crippen LogP contribution in [0.5, 0.6) is 5.88 Å². The fraction of sp³-hybridized carbons (Fsp3) is 0.136. The number of amides is 1. The number of hydrogen-bond acceptors (Lipinski definition) is 8. The Morgan fingerprint density at radius 1 is 1.12 bits per heavy atom. The van der Waals surface area contributed by atoms with E-state index in [-0.39, 0.29) is 23.8 Å². The van der Waals surface area contributed by atoms with Crippen molar-refractivity contribution in [3.63, 3.8) is 0 Å². The van der Waals surface area contributed by atoms with Gasteiger partial charge in [-0.15, -0.1) is 0 Å². The van der Waals surface area contributed by atoms with Crippen LogP contribution in [0.3, 0.4) is 0 Å². The Balaban J connectivity index is 1.62. The lowest BCUT2D eigenvalue weighted by molar-refractivity contribution is 0.102. The summed E-state index contributed by atoms with van der Waals surface area (Å²) in [5.41, 5.74) is 8.21. The van der Waals surface area contributed by atoms with Crippen molar-refractivity contribution >= 4 is 11.6 Å². The van der Waals surface area contributed by atoms with Crippen molar-refractivity contribution in [3.8, 4) is 28.4 Å². The highest BCUT2D eigenvalue weighted by molar-refractivity contribution is 6.09. The topological polar surface area (TPSA) is 129 Å². The maximum Gasteiger partial charge on any atom is 0.261 e. The molecule has 1 aromatic carbocycles. The molecule has 1 amide bonds. The molecule has 0 unspecified atom stereocenters. The van der Waals surface area contributed by atoms with E-state index in [1.54, 1.807) is 31.5 Å². The molecule has 10 heteroatoms. The second-order valence-electron chi connectivity index (χ2n) is 6.77. The minimum atomic E-state index is -0.466. The fourth-order valence-corrected chi connectivity index (χ4v) is 3.07. The van der Waals surface area contributed by atoms with Gasteiger partial charge < -0.3 is 20.3 Å². The molecular weight excluding hydrogens is 415 g/mol. The van der Waals surface area contributed by atoms with Crippen LogP contribution in [-0.4, -0.2) is 33.1 Å². The van der Waals surface area contributed by atoms with E-state index in [0.717, 1.165) is 0 Å². The third-order valence-corrected chi connectivity index (χ3v) is 4.69. The highest BCUT2D eigenvalue weighted by Gasteiger charge is 2.23. The molecular formula is C22H19FN6O3. The van der Waals surface area contributed by atoms with Gasteiger partial charge in [0.25, 0.3) is 5.91 Å². The first-order valence-electron chi connectivity index (χ1n) is 9.60. The molecule has 0 atom stereocenters. The molecule has 3 heterocycles. The molecule has 0 aliphatic rings. The van der Waals surface area contributed by atoms with Crippen LogP contribution >= 0.6 is 0 Å². The highest BCUT2D eigenvalue weighted by atomic mass is 19.1. The van der Waals surface area contributed by atoms with E-state index < -0.39 is 5.91 Å². The number of nitrogens with two attached hydrogens (primary N) is 1. The number of ether oxygens (including phenoxy) is 1. The molecule has 162 valence electrons. The van der Waals surface area contributed by atoms with Crippen LogP contribution in [0.2, 0.25) is 0 Å². The van der Waals surface area contributed by atoms with Crippen molar-refractivity contribution in [2.24, 2.45) is 5.73 Å². The number of carbonyl (C=O) groups excluding carboxylic acids is 1. The summed E-state index contributed by atoms with van der Waals surface area (Å²) in [7, 11) is 1.45. The molecule has 0 saturated carbocycles. The van der Waals surface area contributed by atoms with Gasteiger partial charge in [0.05, 0.1) is 19.3 Å². The summed E-state index contributed by atoms with van der Waals surface area (Å²) >= 11 is 0. The van der Waals surface area contributed by atoms with Crippen LogP contribution in [0, 0.1) is 12.7 Å². The molecule has 4 rings (SSSR count). The smallest absolute Gasteiger partial charge is 0.261 e. The standard InChI is InChI=1S/C22H19FN6O3/c1-12-19(20(29-32-12)13-3-5-15(23)6-4-13)21(30)27-17-8-7-16(28-22(17)31-2)14-10-25-18(9-24)26-11-14/h3-8,10-11H,9,24H2,1-2H3,(H,27,30). The number of rotatable bonds is 6. The number of nitrogens with zero attached hydrogens (tertiary/aromatic N) is 4. The minimum Gasteiger partial charge on any atom is -0.479 e. The van der Waals surface area contributed by atoms with Gasteiger partial charge in [-0.25, -0.2) is 19.3 Å². The summed E-state index contributed by atoms with van der Waals surface area (Å²) in [6.45, 7) is 1.86. The van der Waals surface area contributed by atoms with Gasteiger partial charge >= 0.3 is 0 Å². The third kappa shape index (κ3) is 4.16. The van der Waals surface area contributed by atoms with Gasteiger partial charge in [-0.3, -0.25) is 4.79 Å².